The first-order chi connectivity index (χ1) is 17.0. The van der Waals surface area contributed by atoms with Crippen LogP contribution in [0.1, 0.15) is 24.2 Å². The molecule has 1 aliphatic heterocycles. The molecule has 0 aliphatic carbocycles. The van der Waals surface area contributed by atoms with Gasteiger partial charge in [0.1, 0.15) is 0 Å². The second-order valence-corrected chi connectivity index (χ2v) is 8.73. The van der Waals surface area contributed by atoms with E-state index in [2.05, 4.69) is 49.3 Å². The van der Waals surface area contributed by atoms with Gasteiger partial charge in [-0.15, -0.1) is 0 Å². The lowest BCUT2D eigenvalue weighted by molar-refractivity contribution is 0.102. The number of rotatable bonds is 5. The maximum atomic E-state index is 13.3. The van der Waals surface area contributed by atoms with Crippen molar-refractivity contribution in [1.82, 2.24) is 25.3 Å². The Hall–Kier alpha value is -4.11. The molecule has 0 saturated carbocycles. The highest BCUT2D eigenvalue weighted by atomic mass is 16.5. The first kappa shape index (κ1) is 22.7. The Morgan fingerprint density at radius 3 is 2.46 bits per heavy atom. The van der Waals surface area contributed by atoms with Gasteiger partial charge in [0.05, 0.1) is 36.3 Å². The number of nitrogens with zero attached hydrogens (tertiary/aromatic N) is 5. The number of fused-ring (bicyclic) bond motifs is 1. The summed E-state index contributed by atoms with van der Waals surface area (Å²) in [4.78, 5) is 33.2. The van der Waals surface area contributed by atoms with E-state index in [1.165, 1.54) is 7.11 Å². The smallest absolute Gasteiger partial charge is 0.316 e. The maximum absolute atomic E-state index is 13.3. The Labute approximate surface area is 203 Å². The number of hydrogen-bond acceptors (Lipinski definition) is 8. The van der Waals surface area contributed by atoms with Gasteiger partial charge in [0.2, 0.25) is 0 Å². The molecule has 35 heavy (non-hydrogen) atoms. The standard InChI is InChI=1S/C26H27N7O2/c1-16-14-33(15-17(2)30-16)22-10-9-19(24-20(22)11-29-26(32-24)35-3)25(34)31-23-13-27-21(12-28-23)18-7-5-4-6-8-18/h4-13,16-17,30H,14-15H2,1-3H3,(H,28,31,34)/t16-,17-/m1/s1. The van der Waals surface area contributed by atoms with Crippen LogP contribution in [0.4, 0.5) is 11.5 Å². The average molecular weight is 470 g/mol. The topological polar surface area (TPSA) is 105 Å². The summed E-state index contributed by atoms with van der Waals surface area (Å²) in [5.74, 6) is 0.0313. The van der Waals surface area contributed by atoms with Crippen LogP contribution in [0.25, 0.3) is 22.2 Å². The van der Waals surface area contributed by atoms with E-state index in [9.17, 15) is 4.79 Å². The number of carbonyl (C=O) groups is 1. The number of ether oxygens (including phenoxy) is 1. The number of benzene rings is 2. The molecule has 1 fully saturated rings. The Balaban J connectivity index is 1.46. The molecule has 0 radical (unpaired) electrons. The van der Waals surface area contributed by atoms with Gasteiger partial charge in [-0.25, -0.2) is 9.97 Å². The van der Waals surface area contributed by atoms with Crippen molar-refractivity contribution in [3.8, 4) is 17.3 Å². The van der Waals surface area contributed by atoms with Gasteiger partial charge in [0, 0.05) is 48.0 Å². The zero-order chi connectivity index (χ0) is 24.4. The largest absolute Gasteiger partial charge is 0.467 e. The molecule has 9 heteroatoms. The molecular weight excluding hydrogens is 442 g/mol. The zero-order valence-electron chi connectivity index (χ0n) is 19.9. The van der Waals surface area contributed by atoms with Crippen LogP contribution < -0.4 is 20.3 Å². The second kappa shape index (κ2) is 9.63. The lowest BCUT2D eigenvalue weighted by Crippen LogP contribution is -2.54. The van der Waals surface area contributed by atoms with Crippen molar-refractivity contribution in [2.45, 2.75) is 25.9 Å². The summed E-state index contributed by atoms with van der Waals surface area (Å²) in [6.45, 7) is 6.02. The van der Waals surface area contributed by atoms with Gasteiger partial charge >= 0.3 is 6.01 Å². The summed E-state index contributed by atoms with van der Waals surface area (Å²) in [6.07, 6.45) is 4.92. The molecule has 3 heterocycles. The molecule has 178 valence electrons. The third kappa shape index (κ3) is 4.76. The number of carbonyl (C=O) groups excluding carboxylic acids is 1. The van der Waals surface area contributed by atoms with Crippen LogP contribution in [0.2, 0.25) is 0 Å². The minimum Gasteiger partial charge on any atom is -0.467 e. The van der Waals surface area contributed by atoms with Crippen LogP contribution >= 0.6 is 0 Å². The molecule has 4 aromatic rings. The van der Waals surface area contributed by atoms with Crippen molar-refractivity contribution in [2.75, 3.05) is 30.4 Å². The summed E-state index contributed by atoms with van der Waals surface area (Å²) in [5, 5.41) is 7.19. The fourth-order valence-corrected chi connectivity index (χ4v) is 4.50. The zero-order valence-corrected chi connectivity index (χ0v) is 19.9. The monoisotopic (exact) mass is 469 g/mol. The highest BCUT2D eigenvalue weighted by Gasteiger charge is 2.24. The molecule has 2 atom stereocenters. The quantitative estimate of drug-likeness (QED) is 0.457. The number of amides is 1. The first-order valence-corrected chi connectivity index (χ1v) is 11.6. The second-order valence-electron chi connectivity index (χ2n) is 8.73. The van der Waals surface area contributed by atoms with E-state index < -0.39 is 0 Å². The Kier molecular flexibility index (Phi) is 6.24. The van der Waals surface area contributed by atoms with Crippen LogP contribution in [0, 0.1) is 0 Å². The maximum Gasteiger partial charge on any atom is 0.316 e. The number of aromatic nitrogens is 4. The van der Waals surface area contributed by atoms with E-state index >= 15 is 0 Å². The molecule has 9 nitrogen and oxygen atoms in total. The summed E-state index contributed by atoms with van der Waals surface area (Å²) >= 11 is 0. The van der Waals surface area contributed by atoms with Crippen LogP contribution in [0.5, 0.6) is 6.01 Å². The first-order valence-electron chi connectivity index (χ1n) is 11.6. The predicted octanol–water partition coefficient (Wildman–Crippen LogP) is 3.53. The minimum atomic E-state index is -0.328. The van der Waals surface area contributed by atoms with E-state index in [-0.39, 0.29) is 11.9 Å². The molecule has 1 aliphatic rings. The van der Waals surface area contributed by atoms with E-state index in [4.69, 9.17) is 4.74 Å². The SMILES string of the molecule is COc1ncc2c(N3C[C@@H](C)N[C@H](C)C3)ccc(C(=O)Nc3cnc(-c4ccccc4)cn3)c2n1. The van der Waals surface area contributed by atoms with Crippen molar-refractivity contribution in [3.63, 3.8) is 0 Å². The molecular formula is C26H27N7O2. The lowest BCUT2D eigenvalue weighted by atomic mass is 10.0. The Morgan fingerprint density at radius 2 is 1.77 bits per heavy atom. The molecule has 0 spiro atoms. The van der Waals surface area contributed by atoms with Crippen molar-refractivity contribution >= 4 is 28.3 Å². The Morgan fingerprint density at radius 1 is 1.00 bits per heavy atom. The molecule has 1 saturated heterocycles. The molecule has 1 amide bonds. The van der Waals surface area contributed by atoms with E-state index in [0.29, 0.717) is 29.0 Å². The van der Waals surface area contributed by atoms with Crippen molar-refractivity contribution < 1.29 is 9.53 Å². The minimum absolute atomic E-state index is 0.206. The fraction of sp³-hybridized carbons (Fsp3) is 0.269. The van der Waals surface area contributed by atoms with Crippen LogP contribution in [0.15, 0.2) is 61.1 Å². The van der Waals surface area contributed by atoms with Gasteiger partial charge in [-0.05, 0) is 26.0 Å². The van der Waals surface area contributed by atoms with Crippen molar-refractivity contribution in [2.24, 2.45) is 0 Å². The van der Waals surface area contributed by atoms with E-state index in [1.807, 2.05) is 36.4 Å². The highest BCUT2D eigenvalue weighted by molar-refractivity contribution is 6.13. The normalized spacial score (nSPS) is 17.9. The number of anilines is 2. The third-order valence-corrected chi connectivity index (χ3v) is 5.99. The summed E-state index contributed by atoms with van der Waals surface area (Å²) < 4.78 is 5.25. The fourth-order valence-electron chi connectivity index (χ4n) is 4.50. The molecule has 0 bridgehead atoms. The molecule has 2 N–H and O–H groups in total. The number of hydrogen-bond donors (Lipinski definition) is 2. The predicted molar refractivity (Wildman–Crippen MR) is 136 cm³/mol. The summed E-state index contributed by atoms with van der Waals surface area (Å²) in [7, 11) is 1.51. The number of methoxy groups -OCH3 is 1. The van der Waals surface area contributed by atoms with E-state index in [0.717, 1.165) is 35.4 Å². The summed E-state index contributed by atoms with van der Waals surface area (Å²) in [6, 6.07) is 14.4. The average Bonchev–Trinajstić information content (AvgIpc) is 2.88. The van der Waals surface area contributed by atoms with Crippen molar-refractivity contribution in [1.29, 1.82) is 0 Å². The third-order valence-electron chi connectivity index (χ3n) is 5.99. The van der Waals surface area contributed by atoms with Crippen LogP contribution in [-0.2, 0) is 0 Å². The molecule has 2 aromatic heterocycles. The van der Waals surface area contributed by atoms with Gasteiger partial charge in [-0.1, -0.05) is 30.3 Å². The summed E-state index contributed by atoms with van der Waals surface area (Å²) in [5.41, 5.74) is 3.62. The van der Waals surface area contributed by atoms with Gasteiger partial charge in [0.25, 0.3) is 5.91 Å². The van der Waals surface area contributed by atoms with Gasteiger partial charge in [-0.2, -0.15) is 4.98 Å². The molecule has 2 aromatic carbocycles. The number of piperazine rings is 1. The van der Waals surface area contributed by atoms with Gasteiger partial charge in [0.15, 0.2) is 5.82 Å². The lowest BCUT2D eigenvalue weighted by Gasteiger charge is -2.38. The van der Waals surface area contributed by atoms with Gasteiger partial charge in [-0.3, -0.25) is 9.78 Å². The van der Waals surface area contributed by atoms with Crippen molar-refractivity contribution in [3.05, 3.63) is 66.6 Å². The van der Waals surface area contributed by atoms with E-state index in [1.54, 1.807) is 24.7 Å². The van der Waals surface area contributed by atoms with Gasteiger partial charge < -0.3 is 20.3 Å². The van der Waals surface area contributed by atoms with Crippen LogP contribution in [0.3, 0.4) is 0 Å². The Bertz CT molecular complexity index is 1340. The number of nitrogens with one attached hydrogen (secondary N) is 2. The highest BCUT2D eigenvalue weighted by Crippen LogP contribution is 2.31. The molecule has 0 unspecified atom stereocenters. The van der Waals surface area contributed by atoms with Crippen LogP contribution in [-0.4, -0.2) is 58.1 Å². The molecule has 5 rings (SSSR count).